The molecule has 0 aliphatic heterocycles. The molecule has 0 aliphatic rings. The standard InChI is InChI=1S/C18H22N2S/c1-12-9-10-15(13(11-12)17(19)21)20-16-8-6-5-7-14(16)18(2,3)4/h5-11,20H,1-4H3,(H2,19,21). The highest BCUT2D eigenvalue weighted by atomic mass is 32.1. The van der Waals surface area contributed by atoms with Crippen molar-refractivity contribution in [3.8, 4) is 0 Å². The molecule has 2 aromatic carbocycles. The first-order valence-electron chi connectivity index (χ1n) is 7.06. The van der Waals surface area contributed by atoms with Crippen LogP contribution in [-0.2, 0) is 5.41 Å². The lowest BCUT2D eigenvalue weighted by molar-refractivity contribution is 0.592. The first kappa shape index (κ1) is 15.5. The van der Waals surface area contributed by atoms with E-state index in [1.54, 1.807) is 0 Å². The minimum Gasteiger partial charge on any atom is -0.389 e. The second-order valence-electron chi connectivity index (χ2n) is 6.33. The van der Waals surface area contributed by atoms with Crippen molar-refractivity contribution in [2.45, 2.75) is 33.1 Å². The second-order valence-corrected chi connectivity index (χ2v) is 6.77. The lowest BCUT2D eigenvalue weighted by Gasteiger charge is -2.24. The maximum atomic E-state index is 5.85. The van der Waals surface area contributed by atoms with Crippen LogP contribution in [0.3, 0.4) is 0 Å². The van der Waals surface area contributed by atoms with Gasteiger partial charge in [0.25, 0.3) is 0 Å². The SMILES string of the molecule is Cc1ccc(Nc2ccccc2C(C)(C)C)c(C(N)=S)c1. The van der Waals surface area contributed by atoms with Crippen LogP contribution in [0.1, 0.15) is 37.5 Å². The Hall–Kier alpha value is -1.87. The molecular formula is C18H22N2S. The molecule has 3 heteroatoms. The molecule has 0 fully saturated rings. The summed E-state index contributed by atoms with van der Waals surface area (Å²) in [4.78, 5) is 0.412. The summed E-state index contributed by atoms with van der Waals surface area (Å²) in [6.45, 7) is 8.65. The van der Waals surface area contributed by atoms with E-state index in [0.717, 1.165) is 22.5 Å². The van der Waals surface area contributed by atoms with Gasteiger partial charge in [0.05, 0.1) is 0 Å². The van der Waals surface area contributed by atoms with Crippen LogP contribution in [0.2, 0.25) is 0 Å². The van der Waals surface area contributed by atoms with Crippen LogP contribution in [0.15, 0.2) is 42.5 Å². The Kier molecular flexibility index (Phi) is 4.33. The summed E-state index contributed by atoms with van der Waals surface area (Å²) in [6.07, 6.45) is 0. The van der Waals surface area contributed by atoms with Gasteiger partial charge in [0.2, 0.25) is 0 Å². The summed E-state index contributed by atoms with van der Waals surface area (Å²) in [5, 5.41) is 3.49. The molecule has 0 aliphatic carbocycles. The predicted molar refractivity (Wildman–Crippen MR) is 95.5 cm³/mol. The summed E-state index contributed by atoms with van der Waals surface area (Å²) < 4.78 is 0. The van der Waals surface area contributed by atoms with Crippen LogP contribution in [0.25, 0.3) is 0 Å². The van der Waals surface area contributed by atoms with E-state index < -0.39 is 0 Å². The van der Waals surface area contributed by atoms with Gasteiger partial charge in [0, 0.05) is 16.9 Å². The Bertz CT molecular complexity index is 669. The molecular weight excluding hydrogens is 276 g/mol. The largest absolute Gasteiger partial charge is 0.389 e. The minimum atomic E-state index is 0.0671. The van der Waals surface area contributed by atoms with Gasteiger partial charge in [0.15, 0.2) is 0 Å². The monoisotopic (exact) mass is 298 g/mol. The molecule has 2 rings (SSSR count). The zero-order chi connectivity index (χ0) is 15.6. The van der Waals surface area contributed by atoms with E-state index in [4.69, 9.17) is 18.0 Å². The van der Waals surface area contributed by atoms with Crippen molar-refractivity contribution >= 4 is 28.6 Å². The number of nitrogens with one attached hydrogen (secondary N) is 1. The third kappa shape index (κ3) is 3.61. The zero-order valence-corrected chi connectivity index (χ0v) is 13.8. The van der Waals surface area contributed by atoms with E-state index >= 15 is 0 Å². The first-order valence-corrected chi connectivity index (χ1v) is 7.47. The van der Waals surface area contributed by atoms with Crippen molar-refractivity contribution in [1.82, 2.24) is 0 Å². The van der Waals surface area contributed by atoms with E-state index in [-0.39, 0.29) is 5.41 Å². The highest BCUT2D eigenvalue weighted by Gasteiger charge is 2.18. The molecule has 0 radical (unpaired) electrons. The first-order chi connectivity index (χ1) is 9.79. The molecule has 21 heavy (non-hydrogen) atoms. The van der Waals surface area contributed by atoms with E-state index in [1.165, 1.54) is 5.56 Å². The number of hydrogen-bond acceptors (Lipinski definition) is 2. The lowest BCUT2D eigenvalue weighted by atomic mass is 9.85. The smallest absolute Gasteiger partial charge is 0.106 e. The summed E-state index contributed by atoms with van der Waals surface area (Å²) in [6, 6.07) is 14.4. The molecule has 0 heterocycles. The Morgan fingerprint density at radius 2 is 1.71 bits per heavy atom. The molecule has 110 valence electrons. The lowest BCUT2D eigenvalue weighted by Crippen LogP contribution is -2.15. The number of aryl methyl sites for hydroxylation is 1. The number of rotatable bonds is 3. The van der Waals surface area contributed by atoms with Crippen LogP contribution >= 0.6 is 12.2 Å². The van der Waals surface area contributed by atoms with Gasteiger partial charge >= 0.3 is 0 Å². The molecule has 2 aromatic rings. The van der Waals surface area contributed by atoms with Crippen LogP contribution < -0.4 is 11.1 Å². The molecule has 0 atom stereocenters. The third-order valence-electron chi connectivity index (χ3n) is 3.44. The number of hydrogen-bond donors (Lipinski definition) is 2. The molecule has 0 amide bonds. The normalized spacial score (nSPS) is 11.2. The summed E-state index contributed by atoms with van der Waals surface area (Å²) in [5.41, 5.74) is 11.2. The predicted octanol–water partition coefficient (Wildman–Crippen LogP) is 4.67. The van der Waals surface area contributed by atoms with E-state index in [0.29, 0.717) is 4.99 Å². The van der Waals surface area contributed by atoms with E-state index in [1.807, 2.05) is 25.1 Å². The Morgan fingerprint density at radius 3 is 2.33 bits per heavy atom. The van der Waals surface area contributed by atoms with Crippen molar-refractivity contribution in [3.05, 3.63) is 59.2 Å². The van der Waals surface area contributed by atoms with Crippen molar-refractivity contribution in [2.24, 2.45) is 5.73 Å². The van der Waals surface area contributed by atoms with Gasteiger partial charge < -0.3 is 11.1 Å². The van der Waals surface area contributed by atoms with Gasteiger partial charge in [-0.15, -0.1) is 0 Å². The van der Waals surface area contributed by atoms with Gasteiger partial charge in [-0.1, -0.05) is 62.8 Å². The molecule has 3 N–H and O–H groups in total. The number of anilines is 2. The second kappa shape index (κ2) is 5.86. The molecule has 2 nitrogen and oxygen atoms in total. The average molecular weight is 298 g/mol. The number of benzene rings is 2. The fourth-order valence-electron chi connectivity index (χ4n) is 2.36. The van der Waals surface area contributed by atoms with Gasteiger partial charge in [0.1, 0.15) is 4.99 Å². The van der Waals surface area contributed by atoms with Crippen molar-refractivity contribution < 1.29 is 0 Å². The maximum Gasteiger partial charge on any atom is 0.106 e. The van der Waals surface area contributed by atoms with Crippen LogP contribution in [0, 0.1) is 6.92 Å². The van der Waals surface area contributed by atoms with Gasteiger partial charge in [-0.25, -0.2) is 0 Å². The number of para-hydroxylation sites is 1. The molecule has 0 spiro atoms. The van der Waals surface area contributed by atoms with Crippen molar-refractivity contribution in [2.75, 3.05) is 5.32 Å². The van der Waals surface area contributed by atoms with Crippen LogP contribution in [-0.4, -0.2) is 4.99 Å². The Balaban J connectivity index is 2.47. The summed E-state index contributed by atoms with van der Waals surface area (Å²) in [5.74, 6) is 0. The average Bonchev–Trinajstić information content (AvgIpc) is 2.40. The van der Waals surface area contributed by atoms with Gasteiger partial charge in [-0.05, 0) is 36.1 Å². The molecule has 0 aromatic heterocycles. The van der Waals surface area contributed by atoms with Crippen LogP contribution in [0.4, 0.5) is 11.4 Å². The maximum absolute atomic E-state index is 5.85. The topological polar surface area (TPSA) is 38.0 Å². The zero-order valence-electron chi connectivity index (χ0n) is 13.0. The summed E-state index contributed by atoms with van der Waals surface area (Å²) >= 11 is 5.17. The van der Waals surface area contributed by atoms with E-state index in [2.05, 4.69) is 50.4 Å². The Morgan fingerprint density at radius 1 is 1.05 bits per heavy atom. The van der Waals surface area contributed by atoms with Gasteiger partial charge in [-0.2, -0.15) is 0 Å². The number of thiocarbonyl (C=S) groups is 1. The minimum absolute atomic E-state index is 0.0671. The van der Waals surface area contributed by atoms with Crippen molar-refractivity contribution in [3.63, 3.8) is 0 Å². The van der Waals surface area contributed by atoms with E-state index in [9.17, 15) is 0 Å². The van der Waals surface area contributed by atoms with Crippen molar-refractivity contribution in [1.29, 1.82) is 0 Å². The quantitative estimate of drug-likeness (QED) is 0.809. The fourth-order valence-corrected chi connectivity index (χ4v) is 2.53. The summed E-state index contributed by atoms with van der Waals surface area (Å²) in [7, 11) is 0. The number of nitrogens with two attached hydrogens (primary N) is 1. The van der Waals surface area contributed by atoms with Crippen LogP contribution in [0.5, 0.6) is 0 Å². The molecule has 0 unspecified atom stereocenters. The highest BCUT2D eigenvalue weighted by Crippen LogP contribution is 2.32. The fraction of sp³-hybridized carbons (Fsp3) is 0.278. The Labute approximate surface area is 132 Å². The molecule has 0 saturated carbocycles. The van der Waals surface area contributed by atoms with Gasteiger partial charge in [-0.3, -0.25) is 0 Å². The molecule has 0 bridgehead atoms. The highest BCUT2D eigenvalue weighted by molar-refractivity contribution is 7.80. The molecule has 0 saturated heterocycles. The third-order valence-corrected chi connectivity index (χ3v) is 3.66.